The second-order valence-corrected chi connectivity index (χ2v) is 10.9. The summed E-state index contributed by atoms with van der Waals surface area (Å²) in [7, 11) is 0. The number of halogens is 2. The number of nitrogens with one attached hydrogen (secondary N) is 2. The number of anilines is 1. The van der Waals surface area contributed by atoms with Crippen LogP contribution in [-0.4, -0.2) is 34.5 Å². The highest BCUT2D eigenvalue weighted by molar-refractivity contribution is 6.35. The number of rotatable bonds is 9. The normalized spacial score (nSPS) is 11.1. The average Bonchev–Trinajstić information content (AvgIpc) is 2.83. The van der Waals surface area contributed by atoms with Crippen LogP contribution in [0.3, 0.4) is 0 Å². The summed E-state index contributed by atoms with van der Waals surface area (Å²) in [5.74, 6) is -1.34. The zero-order chi connectivity index (χ0) is 27.9. The Hall–Kier alpha value is -3.55. The third-order valence-electron chi connectivity index (χ3n) is 5.81. The van der Waals surface area contributed by atoms with Gasteiger partial charge in [0.2, 0.25) is 0 Å². The molecule has 0 atom stereocenters. The molecule has 0 aliphatic carbocycles. The predicted octanol–water partition coefficient (Wildman–Crippen LogP) is 6.73. The van der Waals surface area contributed by atoms with Crippen LogP contribution in [0.25, 0.3) is 0 Å². The number of carboxylic acids is 1. The van der Waals surface area contributed by atoms with Crippen molar-refractivity contribution in [2.45, 2.75) is 45.7 Å². The topological polar surface area (TPSA) is 98.7 Å². The Morgan fingerprint density at radius 3 is 1.87 bits per heavy atom. The second-order valence-electron chi connectivity index (χ2n) is 9.99. The summed E-state index contributed by atoms with van der Waals surface area (Å²) in [6.45, 7) is 7.12. The Labute approximate surface area is 232 Å². The van der Waals surface area contributed by atoms with Gasteiger partial charge in [-0.3, -0.25) is 9.59 Å². The second kappa shape index (κ2) is 12.8. The zero-order valence-corrected chi connectivity index (χ0v) is 23.1. The van der Waals surface area contributed by atoms with E-state index >= 15 is 0 Å². The molecule has 0 radical (unpaired) electrons. The molecule has 200 valence electrons. The quantitative estimate of drug-likeness (QED) is 0.272. The fourth-order valence-corrected chi connectivity index (χ4v) is 4.25. The van der Waals surface area contributed by atoms with Crippen molar-refractivity contribution in [3.05, 3.63) is 99.0 Å². The number of carboxylic acid groups (broad SMARTS) is 1. The highest BCUT2D eigenvalue weighted by Crippen LogP contribution is 2.25. The summed E-state index contributed by atoms with van der Waals surface area (Å²) in [5.41, 5.74) is 3.88. The Balaban J connectivity index is 1.78. The molecule has 9 heteroatoms. The average molecular weight is 556 g/mol. The van der Waals surface area contributed by atoms with Crippen molar-refractivity contribution in [3.8, 4) is 0 Å². The van der Waals surface area contributed by atoms with Crippen LogP contribution in [-0.2, 0) is 23.3 Å². The van der Waals surface area contributed by atoms with E-state index in [1.165, 1.54) is 5.56 Å². The zero-order valence-electron chi connectivity index (χ0n) is 21.6. The maximum Gasteiger partial charge on any atom is 0.322 e. The molecule has 3 aromatic rings. The number of nitrogens with zero attached hydrogens (tertiary/aromatic N) is 1. The molecule has 3 aromatic carbocycles. The minimum Gasteiger partial charge on any atom is -0.481 e. The van der Waals surface area contributed by atoms with Gasteiger partial charge in [-0.25, -0.2) is 4.79 Å². The van der Waals surface area contributed by atoms with Crippen molar-refractivity contribution >= 4 is 46.8 Å². The molecule has 0 spiro atoms. The minimum atomic E-state index is -0.980. The van der Waals surface area contributed by atoms with Crippen LogP contribution in [0, 0.1) is 0 Å². The summed E-state index contributed by atoms with van der Waals surface area (Å²) in [5, 5.41) is 15.0. The summed E-state index contributed by atoms with van der Waals surface area (Å²) < 4.78 is 0. The van der Waals surface area contributed by atoms with Gasteiger partial charge in [0.1, 0.15) is 0 Å². The number of hydrogen-bond acceptors (Lipinski definition) is 3. The Kier molecular flexibility index (Phi) is 9.78. The van der Waals surface area contributed by atoms with E-state index in [-0.39, 0.29) is 36.9 Å². The molecule has 0 aromatic heterocycles. The first kappa shape index (κ1) is 29.0. The van der Waals surface area contributed by atoms with E-state index in [1.54, 1.807) is 47.4 Å². The first-order valence-corrected chi connectivity index (χ1v) is 12.9. The third kappa shape index (κ3) is 8.78. The van der Waals surface area contributed by atoms with Crippen molar-refractivity contribution in [1.29, 1.82) is 0 Å². The molecule has 0 aliphatic heterocycles. The van der Waals surface area contributed by atoms with Crippen LogP contribution in [0.15, 0.2) is 66.7 Å². The lowest BCUT2D eigenvalue weighted by molar-refractivity contribution is -0.136. The number of aliphatic carboxylic acids is 1. The van der Waals surface area contributed by atoms with Crippen molar-refractivity contribution in [1.82, 2.24) is 10.2 Å². The van der Waals surface area contributed by atoms with Gasteiger partial charge in [0, 0.05) is 40.9 Å². The van der Waals surface area contributed by atoms with Crippen LogP contribution in [0.1, 0.15) is 54.2 Å². The van der Waals surface area contributed by atoms with Crippen molar-refractivity contribution < 1.29 is 19.5 Å². The van der Waals surface area contributed by atoms with Gasteiger partial charge in [-0.05, 0) is 52.4 Å². The molecule has 0 saturated carbocycles. The molecular weight excluding hydrogens is 525 g/mol. The van der Waals surface area contributed by atoms with Crippen molar-refractivity contribution in [3.63, 3.8) is 0 Å². The van der Waals surface area contributed by atoms with E-state index in [9.17, 15) is 14.4 Å². The monoisotopic (exact) mass is 555 g/mol. The molecule has 38 heavy (non-hydrogen) atoms. The van der Waals surface area contributed by atoms with Crippen molar-refractivity contribution in [2.75, 3.05) is 11.9 Å². The van der Waals surface area contributed by atoms with E-state index in [0.29, 0.717) is 27.8 Å². The summed E-state index contributed by atoms with van der Waals surface area (Å²) in [4.78, 5) is 37.9. The molecule has 0 saturated heterocycles. The highest BCUT2D eigenvalue weighted by atomic mass is 35.5. The Bertz CT molecular complexity index is 1270. The van der Waals surface area contributed by atoms with Gasteiger partial charge in [0.15, 0.2) is 0 Å². The van der Waals surface area contributed by atoms with Gasteiger partial charge in [-0.1, -0.05) is 80.4 Å². The largest absolute Gasteiger partial charge is 0.481 e. The van der Waals surface area contributed by atoms with E-state index in [1.807, 2.05) is 12.1 Å². The fraction of sp³-hybridized carbons (Fsp3) is 0.276. The predicted molar refractivity (Wildman–Crippen MR) is 151 cm³/mol. The molecule has 0 bridgehead atoms. The lowest BCUT2D eigenvalue weighted by atomic mass is 9.87. The third-order valence-corrected chi connectivity index (χ3v) is 6.24. The summed E-state index contributed by atoms with van der Waals surface area (Å²) in [6, 6.07) is 19.5. The highest BCUT2D eigenvalue weighted by Gasteiger charge is 2.18. The lowest BCUT2D eigenvalue weighted by Crippen LogP contribution is -2.34. The van der Waals surface area contributed by atoms with E-state index in [0.717, 1.165) is 11.1 Å². The smallest absolute Gasteiger partial charge is 0.322 e. The number of carbonyl (C=O) groups is 3. The van der Waals surface area contributed by atoms with E-state index in [4.69, 9.17) is 28.3 Å². The van der Waals surface area contributed by atoms with Gasteiger partial charge >= 0.3 is 12.0 Å². The van der Waals surface area contributed by atoms with Gasteiger partial charge in [0.25, 0.3) is 5.91 Å². The molecular formula is C29H31Cl2N3O4. The van der Waals surface area contributed by atoms with Crippen LogP contribution in [0.2, 0.25) is 10.0 Å². The summed E-state index contributed by atoms with van der Waals surface area (Å²) >= 11 is 12.2. The molecule has 0 aliphatic rings. The van der Waals surface area contributed by atoms with E-state index in [2.05, 4.69) is 43.5 Å². The lowest BCUT2D eigenvalue weighted by Gasteiger charge is -2.25. The van der Waals surface area contributed by atoms with Crippen LogP contribution in [0.5, 0.6) is 0 Å². The number of amides is 3. The number of hydrogen-bond donors (Lipinski definition) is 3. The van der Waals surface area contributed by atoms with Gasteiger partial charge in [-0.15, -0.1) is 0 Å². The van der Waals surface area contributed by atoms with Crippen molar-refractivity contribution in [2.24, 2.45) is 0 Å². The van der Waals surface area contributed by atoms with Crippen LogP contribution >= 0.6 is 23.2 Å². The molecule has 3 N–H and O–H groups in total. The molecule has 0 unspecified atom stereocenters. The molecule has 7 nitrogen and oxygen atoms in total. The van der Waals surface area contributed by atoms with E-state index < -0.39 is 5.97 Å². The number of carbonyl (C=O) groups excluding carboxylic acids is 2. The number of benzene rings is 3. The molecule has 0 fully saturated rings. The molecule has 3 amide bonds. The van der Waals surface area contributed by atoms with Gasteiger partial charge in [0.05, 0.1) is 6.42 Å². The minimum absolute atomic E-state index is 0.0170. The fourth-order valence-electron chi connectivity index (χ4n) is 3.73. The standard InChI is InChI=1S/C29H31Cl2N3O4/c1-29(2,3)22-10-6-20(7-11-22)18-34(28(38)33-25-15-23(30)14-24(31)16-25)17-19-4-8-21(9-5-19)27(37)32-13-12-26(35)36/h4-11,14-16H,12-13,17-18H2,1-3H3,(H,32,37)(H,33,38)(H,35,36). The molecule has 3 rings (SSSR count). The molecule has 0 heterocycles. The Morgan fingerprint density at radius 2 is 1.37 bits per heavy atom. The summed E-state index contributed by atoms with van der Waals surface area (Å²) in [6.07, 6.45) is -0.150. The SMILES string of the molecule is CC(C)(C)c1ccc(CN(Cc2ccc(C(=O)NCCC(=O)O)cc2)C(=O)Nc2cc(Cl)cc(Cl)c2)cc1. The van der Waals surface area contributed by atoms with Gasteiger partial charge < -0.3 is 20.6 Å². The first-order chi connectivity index (χ1) is 17.9. The van der Waals surface area contributed by atoms with Crippen LogP contribution < -0.4 is 10.6 Å². The first-order valence-electron chi connectivity index (χ1n) is 12.1. The Morgan fingerprint density at radius 1 is 0.842 bits per heavy atom. The van der Waals surface area contributed by atoms with Crippen LogP contribution in [0.4, 0.5) is 10.5 Å². The maximum atomic E-state index is 13.3. The maximum absolute atomic E-state index is 13.3. The number of urea groups is 1. The van der Waals surface area contributed by atoms with Gasteiger partial charge in [-0.2, -0.15) is 0 Å².